The standard InChI is InChI=1S/C42H40N4/c1-21-9-27-29-19-37(43-33(29)11-21)31-17-26(42(6,7)8)14-24-16-36(46-40(24)31)28-10-22(2)12-34-30(28)20-38(44-34)32-18-25(41(3,4)5)13-23-15-35(27)45-39(23)32/h9-20,43-46H,1-8H3. The van der Waals surface area contributed by atoms with E-state index in [4.69, 9.17) is 0 Å². The summed E-state index contributed by atoms with van der Waals surface area (Å²) in [7, 11) is 0. The van der Waals surface area contributed by atoms with Gasteiger partial charge in [0.05, 0.1) is 11.0 Å². The minimum Gasteiger partial charge on any atom is -0.354 e. The van der Waals surface area contributed by atoms with Gasteiger partial charge in [0.2, 0.25) is 0 Å². The number of aryl methyl sites for hydroxylation is 2. The van der Waals surface area contributed by atoms with E-state index in [1.165, 1.54) is 65.3 Å². The Kier molecular flexibility index (Phi) is 5.26. The minimum atomic E-state index is 0.00596. The van der Waals surface area contributed by atoms with Gasteiger partial charge in [-0.25, -0.2) is 0 Å². The molecule has 0 saturated carbocycles. The molecule has 0 radical (unpaired) electrons. The first-order valence-corrected chi connectivity index (χ1v) is 16.4. The summed E-state index contributed by atoms with van der Waals surface area (Å²) in [5, 5.41) is 9.75. The van der Waals surface area contributed by atoms with Gasteiger partial charge in [-0.3, -0.25) is 0 Å². The second-order valence-corrected chi connectivity index (χ2v) is 15.8. The molecule has 0 aliphatic carbocycles. The SMILES string of the molecule is Cc1cc2[nH]c3cc2c(c1)c1cc2cc(C(C)(C)C)cc(c4cc5c(cc(C)cc5c5cc6cc(C(C)(C)C)cc3c6[nH]5)[nH]4)c2[nH]1. The van der Waals surface area contributed by atoms with E-state index in [0.717, 1.165) is 44.1 Å². The maximum Gasteiger partial charge on any atom is 0.0553 e. The first-order valence-electron chi connectivity index (χ1n) is 16.4. The summed E-state index contributed by atoms with van der Waals surface area (Å²) < 4.78 is 0. The van der Waals surface area contributed by atoms with E-state index < -0.39 is 0 Å². The summed E-state index contributed by atoms with van der Waals surface area (Å²) in [5.41, 5.74) is 14.3. The van der Waals surface area contributed by atoms with E-state index >= 15 is 0 Å². The molecule has 4 heteroatoms. The van der Waals surface area contributed by atoms with Gasteiger partial charge in [-0.05, 0) is 120 Å². The Morgan fingerprint density at radius 1 is 0.348 bits per heavy atom. The van der Waals surface area contributed by atoms with Crippen molar-refractivity contribution < 1.29 is 0 Å². The highest BCUT2D eigenvalue weighted by atomic mass is 14.8. The zero-order valence-electron chi connectivity index (χ0n) is 27.9. The molecule has 5 aromatic heterocycles. The summed E-state index contributed by atoms with van der Waals surface area (Å²) in [6, 6.07) is 28.1. The van der Waals surface area contributed by atoms with Gasteiger partial charge in [-0.2, -0.15) is 0 Å². The average molecular weight is 601 g/mol. The predicted molar refractivity (Wildman–Crippen MR) is 200 cm³/mol. The fraction of sp³-hybridized carbons (Fsp3) is 0.238. The van der Waals surface area contributed by atoms with Crippen molar-refractivity contribution in [2.24, 2.45) is 0 Å². The normalized spacial score (nSPS) is 13.2. The Balaban J connectivity index is 1.60. The fourth-order valence-electron chi connectivity index (χ4n) is 7.57. The lowest BCUT2D eigenvalue weighted by Crippen LogP contribution is -2.10. The van der Waals surface area contributed by atoms with Gasteiger partial charge >= 0.3 is 0 Å². The van der Waals surface area contributed by atoms with Crippen LogP contribution in [0, 0.1) is 13.8 Å². The Bertz CT molecular complexity index is 2580. The van der Waals surface area contributed by atoms with Crippen LogP contribution in [0.15, 0.2) is 72.8 Å². The molecule has 0 spiro atoms. The highest BCUT2D eigenvalue weighted by Gasteiger charge is 2.20. The van der Waals surface area contributed by atoms with Gasteiger partial charge in [0.15, 0.2) is 0 Å². The number of hydrogen-bond donors (Lipinski definition) is 4. The Hall–Kier alpha value is -4.96. The van der Waals surface area contributed by atoms with Crippen LogP contribution in [0.4, 0.5) is 0 Å². The van der Waals surface area contributed by atoms with Gasteiger partial charge in [0.25, 0.3) is 0 Å². The molecule has 0 unspecified atom stereocenters. The van der Waals surface area contributed by atoms with Crippen molar-refractivity contribution in [2.45, 2.75) is 66.2 Å². The molecule has 9 aromatic rings. The van der Waals surface area contributed by atoms with Crippen molar-refractivity contribution in [3.8, 4) is 0 Å². The van der Waals surface area contributed by atoms with Crippen molar-refractivity contribution in [3.05, 3.63) is 95.1 Å². The van der Waals surface area contributed by atoms with Gasteiger partial charge in [0, 0.05) is 76.2 Å². The lowest BCUT2D eigenvalue weighted by Gasteiger charge is -2.19. The largest absolute Gasteiger partial charge is 0.354 e. The maximum absolute atomic E-state index is 3.91. The first kappa shape index (κ1) is 27.4. The minimum absolute atomic E-state index is 0.00596. The number of hydrogen-bond acceptors (Lipinski definition) is 0. The molecule has 0 fully saturated rings. The van der Waals surface area contributed by atoms with E-state index in [2.05, 4.69) is 148 Å². The Labute approximate surface area is 267 Å². The Morgan fingerprint density at radius 2 is 0.696 bits per heavy atom. The molecule has 0 amide bonds. The summed E-state index contributed by atoms with van der Waals surface area (Å²) in [6.45, 7) is 18.2. The molecule has 0 atom stereocenters. The van der Waals surface area contributed by atoms with E-state index in [0.29, 0.717) is 0 Å². The third kappa shape index (κ3) is 3.99. The van der Waals surface area contributed by atoms with E-state index in [9.17, 15) is 0 Å². The maximum atomic E-state index is 3.91. The summed E-state index contributed by atoms with van der Waals surface area (Å²) in [6.07, 6.45) is 0. The molecule has 46 heavy (non-hydrogen) atoms. The lowest BCUT2D eigenvalue weighted by molar-refractivity contribution is 0.591. The van der Waals surface area contributed by atoms with Crippen molar-refractivity contribution in [2.75, 3.05) is 0 Å². The average Bonchev–Trinajstić information content (AvgIpc) is 3.77. The van der Waals surface area contributed by atoms with Crippen LogP contribution in [-0.2, 0) is 10.8 Å². The van der Waals surface area contributed by atoms with Crippen LogP contribution in [0.5, 0.6) is 0 Å². The molecule has 4 aromatic carbocycles. The molecule has 5 heterocycles. The third-order valence-electron chi connectivity index (χ3n) is 10.1. The second-order valence-electron chi connectivity index (χ2n) is 15.8. The molecule has 228 valence electrons. The molecule has 0 aliphatic heterocycles. The van der Waals surface area contributed by atoms with E-state index in [1.807, 2.05) is 0 Å². The number of nitrogens with one attached hydrogen (secondary N) is 4. The lowest BCUT2D eigenvalue weighted by atomic mass is 9.85. The van der Waals surface area contributed by atoms with Crippen LogP contribution in [0.1, 0.15) is 63.8 Å². The molecule has 4 N–H and O–H groups in total. The summed E-state index contributed by atoms with van der Waals surface area (Å²) in [5.74, 6) is 0. The molecule has 9 rings (SSSR count). The summed E-state index contributed by atoms with van der Waals surface area (Å²) >= 11 is 0. The quantitative estimate of drug-likeness (QED) is 0.134. The Morgan fingerprint density at radius 3 is 1.09 bits per heavy atom. The zero-order valence-corrected chi connectivity index (χ0v) is 27.9. The molecule has 4 nitrogen and oxygen atoms in total. The van der Waals surface area contributed by atoms with Crippen molar-refractivity contribution in [1.82, 2.24) is 19.9 Å². The number of benzene rings is 4. The van der Waals surface area contributed by atoms with Crippen LogP contribution in [-0.4, -0.2) is 19.9 Å². The molecular formula is C42H40N4. The predicted octanol–water partition coefficient (Wildman–Crippen LogP) is 12.0. The number of aromatic nitrogens is 4. The monoisotopic (exact) mass is 600 g/mol. The molecule has 0 saturated heterocycles. The van der Waals surface area contributed by atoms with Crippen LogP contribution < -0.4 is 0 Å². The van der Waals surface area contributed by atoms with Crippen molar-refractivity contribution >= 4 is 87.2 Å². The first-order chi connectivity index (χ1) is 21.8. The van der Waals surface area contributed by atoms with Gasteiger partial charge in [-0.1, -0.05) is 41.5 Å². The highest BCUT2D eigenvalue weighted by molar-refractivity contribution is 6.18. The number of H-pyrrole nitrogens is 4. The van der Waals surface area contributed by atoms with Crippen LogP contribution in [0.25, 0.3) is 87.2 Å². The van der Waals surface area contributed by atoms with Gasteiger partial charge in [0.1, 0.15) is 0 Å². The topological polar surface area (TPSA) is 63.2 Å². The highest BCUT2D eigenvalue weighted by Crippen LogP contribution is 2.38. The van der Waals surface area contributed by atoms with Crippen LogP contribution in [0.3, 0.4) is 0 Å². The van der Waals surface area contributed by atoms with E-state index in [1.54, 1.807) is 0 Å². The molecule has 8 bridgehead atoms. The fourth-order valence-corrected chi connectivity index (χ4v) is 7.57. The molecule has 0 aliphatic rings. The smallest absolute Gasteiger partial charge is 0.0553 e. The zero-order chi connectivity index (χ0) is 31.9. The second kappa shape index (κ2) is 8.85. The van der Waals surface area contributed by atoms with Crippen LogP contribution in [0.2, 0.25) is 0 Å². The van der Waals surface area contributed by atoms with Crippen LogP contribution >= 0.6 is 0 Å². The molecular weight excluding hydrogens is 560 g/mol. The van der Waals surface area contributed by atoms with Crippen molar-refractivity contribution in [3.63, 3.8) is 0 Å². The number of rotatable bonds is 0. The van der Waals surface area contributed by atoms with E-state index in [-0.39, 0.29) is 10.8 Å². The summed E-state index contributed by atoms with van der Waals surface area (Å²) in [4.78, 5) is 15.5. The third-order valence-corrected chi connectivity index (χ3v) is 10.1. The number of fused-ring (bicyclic) bond motifs is 8. The van der Waals surface area contributed by atoms with Gasteiger partial charge in [-0.15, -0.1) is 0 Å². The number of aromatic amines is 4. The van der Waals surface area contributed by atoms with Crippen molar-refractivity contribution in [1.29, 1.82) is 0 Å². The van der Waals surface area contributed by atoms with Gasteiger partial charge < -0.3 is 19.9 Å².